The molecule has 1 aliphatic rings. The van der Waals surface area contributed by atoms with Gasteiger partial charge in [0.25, 0.3) is 10.0 Å². The second-order valence-electron chi connectivity index (χ2n) is 10.4. The quantitative estimate of drug-likeness (QED) is 0.321. The van der Waals surface area contributed by atoms with E-state index in [1.54, 1.807) is 4.90 Å². The second-order valence-corrected chi connectivity index (χ2v) is 13.1. The fourth-order valence-corrected chi connectivity index (χ4v) is 6.46. The number of amides is 1. The lowest BCUT2D eigenvalue weighted by atomic mass is 10.2. The van der Waals surface area contributed by atoms with Crippen molar-refractivity contribution in [2.24, 2.45) is 0 Å². The van der Waals surface area contributed by atoms with Crippen molar-refractivity contribution >= 4 is 49.2 Å². The number of carbonyl (C=O) groups excluding carboxylic acids is 1. The van der Waals surface area contributed by atoms with Crippen LogP contribution in [-0.2, 0) is 14.8 Å². The molecule has 42 heavy (non-hydrogen) atoms. The second kappa shape index (κ2) is 11.3. The number of anilines is 2. The van der Waals surface area contributed by atoms with Crippen LogP contribution in [-0.4, -0.2) is 73.3 Å². The minimum Gasteiger partial charge on any atom is -0.480 e. The van der Waals surface area contributed by atoms with Gasteiger partial charge in [-0.1, -0.05) is 0 Å². The molecular formula is C27H28F2N6O5S2. The largest absolute Gasteiger partial charge is 0.480 e. The SMILES string of the molecule is COc1ncc(-c2cc3c(N4CCN(C(=O)OC(C)(C)C)CC4)ncnc3s2)cc1NS(=O)(=O)c1ccc(F)cc1F. The van der Waals surface area contributed by atoms with Crippen molar-refractivity contribution in [3.05, 3.63) is 54.5 Å². The molecule has 0 unspecified atom stereocenters. The van der Waals surface area contributed by atoms with Gasteiger partial charge in [-0.25, -0.2) is 36.9 Å². The molecule has 0 radical (unpaired) electrons. The van der Waals surface area contributed by atoms with E-state index in [1.807, 2.05) is 26.8 Å². The zero-order valence-electron chi connectivity index (χ0n) is 23.2. The lowest BCUT2D eigenvalue weighted by Crippen LogP contribution is -2.50. The summed E-state index contributed by atoms with van der Waals surface area (Å²) in [5.41, 5.74) is -0.0508. The van der Waals surface area contributed by atoms with Crippen molar-refractivity contribution in [2.75, 3.05) is 42.9 Å². The van der Waals surface area contributed by atoms with Crippen molar-refractivity contribution in [3.63, 3.8) is 0 Å². The van der Waals surface area contributed by atoms with E-state index < -0.39 is 32.2 Å². The van der Waals surface area contributed by atoms with Gasteiger partial charge in [0.2, 0.25) is 5.88 Å². The Morgan fingerprint density at radius 3 is 2.45 bits per heavy atom. The molecule has 0 aliphatic carbocycles. The molecular weight excluding hydrogens is 590 g/mol. The lowest BCUT2D eigenvalue weighted by molar-refractivity contribution is 0.0240. The molecule has 4 aromatic rings. The summed E-state index contributed by atoms with van der Waals surface area (Å²) in [5.74, 6) is -1.45. The molecule has 15 heteroatoms. The number of benzene rings is 1. The van der Waals surface area contributed by atoms with E-state index in [-0.39, 0.29) is 17.7 Å². The normalized spacial score (nSPS) is 14.2. The van der Waals surface area contributed by atoms with Gasteiger partial charge in [-0.05, 0) is 45.0 Å². The summed E-state index contributed by atoms with van der Waals surface area (Å²) in [6.45, 7) is 7.52. The van der Waals surface area contributed by atoms with Crippen LogP contribution in [0.5, 0.6) is 5.88 Å². The number of piperazine rings is 1. The Morgan fingerprint density at radius 1 is 1.05 bits per heavy atom. The Bertz CT molecular complexity index is 1750. The van der Waals surface area contributed by atoms with E-state index in [4.69, 9.17) is 9.47 Å². The number of pyridine rings is 1. The first kappa shape index (κ1) is 29.4. The molecule has 0 bridgehead atoms. The molecule has 1 N–H and O–H groups in total. The highest BCUT2D eigenvalue weighted by atomic mass is 32.2. The topological polar surface area (TPSA) is 127 Å². The molecule has 1 aromatic carbocycles. The van der Waals surface area contributed by atoms with Crippen LogP contribution in [0.2, 0.25) is 0 Å². The number of aromatic nitrogens is 3. The number of carbonyl (C=O) groups is 1. The minimum atomic E-state index is -4.43. The summed E-state index contributed by atoms with van der Waals surface area (Å²) in [4.78, 5) is 30.1. The standard InChI is InChI=1S/C27H28F2N6O5S2/c1-27(2,3)40-26(36)35-9-7-34(8-10-35)23-18-13-21(41-25(18)32-15-31-23)16-11-20(24(39-4)30-14-16)33-42(37,38)22-6-5-17(28)12-19(22)29/h5-6,11-15,33H,7-10H2,1-4H3. The third-order valence-electron chi connectivity index (χ3n) is 6.30. The Balaban J connectivity index is 1.41. The van der Waals surface area contributed by atoms with Crippen molar-refractivity contribution in [1.29, 1.82) is 0 Å². The Morgan fingerprint density at radius 2 is 1.79 bits per heavy atom. The zero-order chi connectivity index (χ0) is 30.2. The number of nitrogens with one attached hydrogen (secondary N) is 1. The maximum Gasteiger partial charge on any atom is 0.410 e. The molecule has 11 nitrogen and oxygen atoms in total. The van der Waals surface area contributed by atoms with Gasteiger partial charge in [0.1, 0.15) is 44.8 Å². The number of sulfonamides is 1. The summed E-state index contributed by atoms with van der Waals surface area (Å²) in [6, 6.07) is 5.60. The highest BCUT2D eigenvalue weighted by Gasteiger charge is 2.28. The monoisotopic (exact) mass is 618 g/mol. The van der Waals surface area contributed by atoms with Crippen molar-refractivity contribution in [3.8, 4) is 16.3 Å². The lowest BCUT2D eigenvalue weighted by Gasteiger charge is -2.36. The van der Waals surface area contributed by atoms with E-state index in [0.717, 1.165) is 22.4 Å². The molecule has 0 spiro atoms. The molecule has 3 aromatic heterocycles. The Kier molecular flexibility index (Phi) is 7.90. The molecule has 0 saturated carbocycles. The molecule has 222 valence electrons. The summed E-state index contributed by atoms with van der Waals surface area (Å²) in [7, 11) is -3.11. The van der Waals surface area contributed by atoms with Gasteiger partial charge < -0.3 is 19.3 Å². The molecule has 1 amide bonds. The highest BCUT2D eigenvalue weighted by molar-refractivity contribution is 7.92. The van der Waals surface area contributed by atoms with E-state index >= 15 is 0 Å². The van der Waals surface area contributed by atoms with Crippen LogP contribution in [0.25, 0.3) is 20.7 Å². The summed E-state index contributed by atoms with van der Waals surface area (Å²) in [6.07, 6.45) is 2.64. The summed E-state index contributed by atoms with van der Waals surface area (Å²) in [5, 5.41) is 0.787. The van der Waals surface area contributed by atoms with Gasteiger partial charge in [0, 0.05) is 48.9 Å². The highest BCUT2D eigenvalue weighted by Crippen LogP contribution is 2.38. The summed E-state index contributed by atoms with van der Waals surface area (Å²) >= 11 is 1.36. The number of methoxy groups -OCH3 is 1. The number of hydrogen-bond acceptors (Lipinski definition) is 10. The van der Waals surface area contributed by atoms with Gasteiger partial charge in [-0.15, -0.1) is 11.3 Å². The predicted octanol–water partition coefficient (Wildman–Crippen LogP) is 4.90. The molecule has 1 saturated heterocycles. The average molecular weight is 619 g/mol. The number of nitrogens with zero attached hydrogens (tertiary/aromatic N) is 5. The zero-order valence-corrected chi connectivity index (χ0v) is 24.9. The first-order chi connectivity index (χ1) is 19.8. The fourth-order valence-electron chi connectivity index (χ4n) is 4.38. The van der Waals surface area contributed by atoms with Crippen molar-refractivity contribution < 1.29 is 31.5 Å². The fraction of sp³-hybridized carbons (Fsp3) is 0.333. The van der Waals surface area contributed by atoms with Gasteiger partial charge in [0.05, 0.1) is 12.5 Å². The van der Waals surface area contributed by atoms with Crippen LogP contribution in [0.15, 0.2) is 47.8 Å². The van der Waals surface area contributed by atoms with Crippen molar-refractivity contribution in [1.82, 2.24) is 19.9 Å². The molecule has 1 aliphatic heterocycles. The van der Waals surface area contributed by atoms with Gasteiger partial charge in [-0.3, -0.25) is 4.72 Å². The molecule has 5 rings (SSSR count). The van der Waals surface area contributed by atoms with Crippen LogP contribution >= 0.6 is 11.3 Å². The van der Waals surface area contributed by atoms with E-state index in [2.05, 4.69) is 24.6 Å². The van der Waals surface area contributed by atoms with Crippen LogP contribution < -0.4 is 14.4 Å². The first-order valence-corrected chi connectivity index (χ1v) is 15.1. The number of ether oxygens (including phenoxy) is 2. The van der Waals surface area contributed by atoms with E-state index in [9.17, 15) is 22.0 Å². The third kappa shape index (κ3) is 6.21. The van der Waals surface area contributed by atoms with Gasteiger partial charge in [-0.2, -0.15) is 0 Å². The van der Waals surface area contributed by atoms with E-state index in [0.29, 0.717) is 48.5 Å². The van der Waals surface area contributed by atoms with Gasteiger partial charge in [0.15, 0.2) is 0 Å². The minimum absolute atomic E-state index is 0.0271. The van der Waals surface area contributed by atoms with Crippen LogP contribution in [0.3, 0.4) is 0 Å². The number of rotatable bonds is 6. The average Bonchev–Trinajstić information content (AvgIpc) is 3.36. The maximum atomic E-state index is 14.3. The van der Waals surface area contributed by atoms with Crippen LogP contribution in [0.1, 0.15) is 20.8 Å². The molecule has 1 fully saturated rings. The number of thiophene rings is 1. The van der Waals surface area contributed by atoms with Crippen LogP contribution in [0.4, 0.5) is 25.1 Å². The number of hydrogen-bond donors (Lipinski definition) is 1. The third-order valence-corrected chi connectivity index (χ3v) is 8.79. The van der Waals surface area contributed by atoms with E-state index in [1.165, 1.54) is 37.0 Å². The van der Waals surface area contributed by atoms with Crippen LogP contribution in [0, 0.1) is 11.6 Å². The van der Waals surface area contributed by atoms with Gasteiger partial charge >= 0.3 is 6.09 Å². The smallest absolute Gasteiger partial charge is 0.410 e. The Labute approximate surface area is 245 Å². The first-order valence-electron chi connectivity index (χ1n) is 12.8. The van der Waals surface area contributed by atoms with Crippen molar-refractivity contribution in [2.45, 2.75) is 31.3 Å². The molecule has 0 atom stereocenters. The Hall–Kier alpha value is -4.11. The maximum absolute atomic E-state index is 14.3. The number of halogens is 2. The molecule has 4 heterocycles. The number of fused-ring (bicyclic) bond motifs is 1. The summed E-state index contributed by atoms with van der Waals surface area (Å²) < 4.78 is 66.5. The predicted molar refractivity (Wildman–Crippen MR) is 154 cm³/mol.